The highest BCUT2D eigenvalue weighted by molar-refractivity contribution is 6.38. The second kappa shape index (κ2) is 8.66. The highest BCUT2D eigenvalue weighted by atomic mass is 19.4. The third kappa shape index (κ3) is 5.32. The molecule has 158 valence electrons. The fourth-order valence-corrected chi connectivity index (χ4v) is 2.54. The molecule has 1 unspecified atom stereocenters. The minimum Gasteiger partial charge on any atom is -0.501 e. The van der Waals surface area contributed by atoms with Gasteiger partial charge in [-0.25, -0.2) is 4.79 Å². The van der Waals surface area contributed by atoms with E-state index in [2.05, 4.69) is 9.84 Å². The van der Waals surface area contributed by atoms with Crippen molar-refractivity contribution in [3.05, 3.63) is 47.8 Å². The van der Waals surface area contributed by atoms with Gasteiger partial charge in [0, 0.05) is 6.20 Å². The molecule has 0 aliphatic carbocycles. The zero-order valence-electron chi connectivity index (χ0n) is 15.6. The molecule has 6 nitrogen and oxygen atoms in total. The van der Waals surface area contributed by atoms with Crippen LogP contribution in [0.4, 0.5) is 22.0 Å². The Hall–Kier alpha value is -2.56. The summed E-state index contributed by atoms with van der Waals surface area (Å²) >= 11 is 0. The number of aliphatic hydroxyl groups excluding tert-OH is 1. The van der Waals surface area contributed by atoms with Crippen LogP contribution in [-0.2, 0) is 27.4 Å². The van der Waals surface area contributed by atoms with Gasteiger partial charge in [0.2, 0.25) is 6.10 Å². The van der Waals surface area contributed by atoms with E-state index in [9.17, 15) is 31.9 Å². The topological polar surface area (TPSA) is 73.6 Å². The van der Waals surface area contributed by atoms with Gasteiger partial charge in [-0.2, -0.15) is 27.1 Å². The molecule has 2 aromatic rings. The first-order valence-electron chi connectivity index (χ1n) is 8.47. The minimum absolute atomic E-state index is 0.248. The lowest BCUT2D eigenvalue weighted by Crippen LogP contribution is -2.41. The van der Waals surface area contributed by atoms with Gasteiger partial charge in [-0.1, -0.05) is 12.1 Å². The predicted octanol–water partition coefficient (Wildman–Crippen LogP) is 1.99. The van der Waals surface area contributed by atoms with E-state index in [1.54, 1.807) is 0 Å². The van der Waals surface area contributed by atoms with E-state index in [-0.39, 0.29) is 6.61 Å². The summed E-state index contributed by atoms with van der Waals surface area (Å²) < 4.78 is 77.6. The number of esters is 1. The lowest BCUT2D eigenvalue weighted by Gasteiger charge is -2.32. The average molecular weight is 428 g/mol. The van der Waals surface area contributed by atoms with Crippen molar-refractivity contribution < 1.29 is 41.3 Å². The molecule has 0 saturated heterocycles. The lowest BCUT2D eigenvalue weighted by atomic mass is 9.63. The van der Waals surface area contributed by atoms with E-state index in [0.29, 0.717) is 4.68 Å². The number of ether oxygens (including phenoxy) is 2. The molecule has 0 aliphatic heterocycles. The van der Waals surface area contributed by atoms with Crippen LogP contribution in [0.5, 0.6) is 5.75 Å². The van der Waals surface area contributed by atoms with Gasteiger partial charge in [-0.05, 0) is 25.1 Å². The first-order chi connectivity index (χ1) is 13.8. The molecular formula is C17H15B2F5N2O4. The largest absolute Gasteiger partial charge is 0.501 e. The molecule has 1 N–H and O–H groups in total. The van der Waals surface area contributed by atoms with E-state index >= 15 is 0 Å². The van der Waals surface area contributed by atoms with E-state index in [0.717, 1.165) is 30.5 Å². The Bertz CT molecular complexity index is 889. The van der Waals surface area contributed by atoms with Crippen LogP contribution in [-0.4, -0.2) is 55.4 Å². The normalized spacial score (nSPS) is 13.7. The zero-order valence-corrected chi connectivity index (χ0v) is 15.6. The SMILES string of the molecule is [B]C([B])(Oc1ccccc1C(F)(F)C(O)C(=O)OCC)c1ccnn1CC(F)(F)F. The van der Waals surface area contributed by atoms with Crippen molar-refractivity contribution >= 4 is 21.7 Å². The Morgan fingerprint density at radius 3 is 2.43 bits per heavy atom. The number of hydrogen-bond donors (Lipinski definition) is 1. The number of hydrogen-bond acceptors (Lipinski definition) is 5. The lowest BCUT2D eigenvalue weighted by molar-refractivity contribution is -0.179. The molecule has 0 amide bonds. The number of alkyl halides is 5. The van der Waals surface area contributed by atoms with Crippen LogP contribution < -0.4 is 4.74 Å². The van der Waals surface area contributed by atoms with Crippen molar-refractivity contribution in [2.75, 3.05) is 6.61 Å². The molecule has 1 aromatic carbocycles. The number of benzene rings is 1. The molecular weight excluding hydrogens is 413 g/mol. The fraction of sp³-hybridized carbons (Fsp3) is 0.412. The van der Waals surface area contributed by atoms with Crippen molar-refractivity contribution in [2.45, 2.75) is 37.1 Å². The number of halogens is 5. The number of carbonyl (C=O) groups is 1. The van der Waals surface area contributed by atoms with Crippen molar-refractivity contribution in [1.82, 2.24) is 9.78 Å². The molecule has 0 fully saturated rings. The van der Waals surface area contributed by atoms with Gasteiger partial charge in [0.05, 0.1) is 23.3 Å². The van der Waals surface area contributed by atoms with Gasteiger partial charge < -0.3 is 14.6 Å². The fourth-order valence-electron chi connectivity index (χ4n) is 2.54. The summed E-state index contributed by atoms with van der Waals surface area (Å²) in [4.78, 5) is 11.6. The molecule has 30 heavy (non-hydrogen) atoms. The molecule has 13 heteroatoms. The molecule has 1 aromatic heterocycles. The second-order valence-electron chi connectivity index (χ2n) is 6.16. The van der Waals surface area contributed by atoms with Gasteiger partial charge in [0.15, 0.2) is 0 Å². The smallest absolute Gasteiger partial charge is 0.408 e. The number of nitrogens with zero attached hydrogens (tertiary/aromatic N) is 2. The van der Waals surface area contributed by atoms with Gasteiger partial charge in [0.25, 0.3) is 0 Å². The molecule has 1 heterocycles. The highest BCUT2D eigenvalue weighted by Crippen LogP contribution is 2.40. The summed E-state index contributed by atoms with van der Waals surface area (Å²) in [5.41, 5.74) is -1.43. The monoisotopic (exact) mass is 428 g/mol. The zero-order chi connectivity index (χ0) is 22.7. The quantitative estimate of drug-likeness (QED) is 0.396. The Kier molecular flexibility index (Phi) is 6.85. The van der Waals surface area contributed by atoms with Crippen LogP contribution in [0.15, 0.2) is 36.5 Å². The van der Waals surface area contributed by atoms with Crippen LogP contribution in [0.1, 0.15) is 18.2 Å². The number of aromatic nitrogens is 2. The molecule has 0 saturated carbocycles. The molecule has 0 bridgehead atoms. The summed E-state index contributed by atoms with van der Waals surface area (Å²) in [5.74, 6) is -6.44. The highest BCUT2D eigenvalue weighted by Gasteiger charge is 2.48. The average Bonchev–Trinajstić information content (AvgIpc) is 3.08. The number of aliphatic hydroxyl groups is 1. The number of rotatable bonds is 8. The maximum absolute atomic E-state index is 14.7. The predicted molar refractivity (Wildman–Crippen MR) is 95.1 cm³/mol. The van der Waals surface area contributed by atoms with Crippen LogP contribution in [0, 0.1) is 0 Å². The van der Waals surface area contributed by atoms with Crippen LogP contribution in [0.25, 0.3) is 0 Å². The summed E-state index contributed by atoms with van der Waals surface area (Å²) in [6.45, 7) is -0.433. The third-order valence-electron chi connectivity index (χ3n) is 3.82. The summed E-state index contributed by atoms with van der Waals surface area (Å²) in [7, 11) is 11.5. The van der Waals surface area contributed by atoms with Crippen molar-refractivity contribution in [1.29, 1.82) is 0 Å². The van der Waals surface area contributed by atoms with Gasteiger partial charge in [-0.3, -0.25) is 4.68 Å². The molecule has 1 atom stereocenters. The van der Waals surface area contributed by atoms with E-state index in [1.165, 1.54) is 13.0 Å². The molecule has 2 rings (SSSR count). The van der Waals surface area contributed by atoms with Crippen LogP contribution in [0.2, 0.25) is 0 Å². The third-order valence-corrected chi connectivity index (χ3v) is 3.82. The summed E-state index contributed by atoms with van der Waals surface area (Å²) in [6, 6.07) is 5.28. The standard InChI is InChI=1S/C17H15B2F5N2O4/c1-2-29-14(28)13(27)16(23,24)10-5-3-4-6-11(10)30-17(18,19)12-7-8-25-26(12)9-15(20,21)22/h3-8,13,27H,2,9H2,1H3. The van der Waals surface area contributed by atoms with E-state index < -0.39 is 53.1 Å². The molecule has 4 radical (unpaired) electrons. The number of carbonyl (C=O) groups excluding carboxylic acids is 1. The van der Waals surface area contributed by atoms with Crippen molar-refractivity contribution in [3.63, 3.8) is 0 Å². The molecule has 0 aliphatic rings. The second-order valence-corrected chi connectivity index (χ2v) is 6.16. The summed E-state index contributed by atoms with van der Waals surface area (Å²) in [5, 5.41) is 10.7. The summed E-state index contributed by atoms with van der Waals surface area (Å²) in [6.07, 6.45) is -6.56. The van der Waals surface area contributed by atoms with Crippen LogP contribution in [0.3, 0.4) is 0 Å². The Morgan fingerprint density at radius 1 is 1.20 bits per heavy atom. The van der Waals surface area contributed by atoms with Crippen molar-refractivity contribution in [2.24, 2.45) is 0 Å². The van der Waals surface area contributed by atoms with Crippen molar-refractivity contribution in [3.8, 4) is 5.75 Å². The first kappa shape index (κ1) is 23.7. The van der Waals surface area contributed by atoms with Crippen LogP contribution >= 0.6 is 0 Å². The Labute approximate surface area is 170 Å². The van der Waals surface area contributed by atoms with E-state index in [4.69, 9.17) is 20.4 Å². The van der Waals surface area contributed by atoms with Gasteiger partial charge in [0.1, 0.15) is 28.0 Å². The Morgan fingerprint density at radius 2 is 1.83 bits per heavy atom. The maximum atomic E-state index is 14.7. The maximum Gasteiger partial charge on any atom is 0.408 e. The number of para-hydroxylation sites is 1. The minimum atomic E-state index is -4.66. The molecule has 0 spiro atoms. The first-order valence-corrected chi connectivity index (χ1v) is 8.47. The Balaban J connectivity index is 2.39. The van der Waals surface area contributed by atoms with E-state index in [1.807, 2.05) is 0 Å². The van der Waals surface area contributed by atoms with Gasteiger partial charge in [-0.15, -0.1) is 0 Å². The van der Waals surface area contributed by atoms with Gasteiger partial charge >= 0.3 is 18.1 Å².